The van der Waals surface area contributed by atoms with Crippen molar-refractivity contribution in [2.45, 2.75) is 39.7 Å². The highest BCUT2D eigenvalue weighted by Crippen LogP contribution is 2.33. The summed E-state index contributed by atoms with van der Waals surface area (Å²) < 4.78 is 7.70. The van der Waals surface area contributed by atoms with E-state index in [4.69, 9.17) is 4.74 Å². The Kier molecular flexibility index (Phi) is 4.78. The van der Waals surface area contributed by atoms with Crippen LogP contribution in [0.4, 0.5) is 0 Å². The Morgan fingerprint density at radius 1 is 1.56 bits per heavy atom. The van der Waals surface area contributed by atoms with Crippen LogP contribution < -0.4 is 0 Å². The summed E-state index contributed by atoms with van der Waals surface area (Å²) in [4.78, 5) is 4.43. The summed E-state index contributed by atoms with van der Waals surface area (Å²) in [6.45, 7) is 7.07. The highest BCUT2D eigenvalue weighted by molar-refractivity contribution is 9.09. The van der Waals surface area contributed by atoms with Gasteiger partial charge in [-0.25, -0.2) is 9.67 Å². The molecule has 5 heteroatoms. The topological polar surface area (TPSA) is 39.9 Å². The monoisotopic (exact) mass is 315 g/mol. The minimum atomic E-state index is 0.194. The molecule has 1 saturated heterocycles. The fourth-order valence-electron chi connectivity index (χ4n) is 2.46. The molecular weight excluding hydrogens is 294 g/mol. The van der Waals surface area contributed by atoms with Crippen molar-refractivity contribution in [1.82, 2.24) is 14.8 Å². The molecule has 1 aromatic rings. The fourth-order valence-corrected chi connectivity index (χ4v) is 3.10. The quantitative estimate of drug-likeness (QED) is 0.784. The van der Waals surface area contributed by atoms with Crippen molar-refractivity contribution in [3.8, 4) is 0 Å². The average molecular weight is 316 g/mol. The molecule has 0 aliphatic carbocycles. The zero-order chi connectivity index (χ0) is 13.0. The molecule has 1 aliphatic heterocycles. The molecule has 2 rings (SSSR count). The largest absolute Gasteiger partial charge is 0.381 e. The average Bonchev–Trinajstić information content (AvgIpc) is 2.77. The lowest BCUT2D eigenvalue weighted by atomic mass is 9.81. The number of hydrogen-bond donors (Lipinski definition) is 0. The number of halogens is 1. The number of hydrogen-bond acceptors (Lipinski definition) is 3. The van der Waals surface area contributed by atoms with Gasteiger partial charge in [-0.1, -0.05) is 29.8 Å². The van der Waals surface area contributed by atoms with Gasteiger partial charge in [0.2, 0.25) is 0 Å². The standard InChI is InChI=1S/C13H22BrN3O/c1-11(2)7-17-12(15-10-16-17)6-13(8-14)4-3-5-18-9-13/h10-11H,3-9H2,1-2H3. The first kappa shape index (κ1) is 14.0. The molecule has 0 aromatic carbocycles. The van der Waals surface area contributed by atoms with E-state index in [2.05, 4.69) is 39.9 Å². The third-order valence-electron chi connectivity index (χ3n) is 3.45. The predicted octanol–water partition coefficient (Wildman–Crippen LogP) is 2.67. The zero-order valence-corrected chi connectivity index (χ0v) is 12.8. The van der Waals surface area contributed by atoms with Crippen LogP contribution in [-0.2, 0) is 17.7 Å². The van der Waals surface area contributed by atoms with Gasteiger partial charge >= 0.3 is 0 Å². The van der Waals surface area contributed by atoms with E-state index in [-0.39, 0.29) is 5.41 Å². The molecule has 1 aliphatic rings. The number of rotatable bonds is 5. The summed E-state index contributed by atoms with van der Waals surface area (Å²) in [5, 5.41) is 5.30. The van der Waals surface area contributed by atoms with E-state index in [9.17, 15) is 0 Å². The third-order valence-corrected chi connectivity index (χ3v) is 4.64. The van der Waals surface area contributed by atoms with Crippen LogP contribution >= 0.6 is 15.9 Å². The molecule has 0 spiro atoms. The molecule has 1 fully saturated rings. The summed E-state index contributed by atoms with van der Waals surface area (Å²) in [5.41, 5.74) is 0.194. The third kappa shape index (κ3) is 3.32. The Morgan fingerprint density at radius 2 is 2.39 bits per heavy atom. The van der Waals surface area contributed by atoms with E-state index in [0.29, 0.717) is 5.92 Å². The number of nitrogens with zero attached hydrogens (tertiary/aromatic N) is 3. The van der Waals surface area contributed by atoms with E-state index in [0.717, 1.165) is 43.8 Å². The highest BCUT2D eigenvalue weighted by atomic mass is 79.9. The van der Waals surface area contributed by atoms with Gasteiger partial charge in [0.05, 0.1) is 6.61 Å². The Bertz CT molecular complexity index is 372. The van der Waals surface area contributed by atoms with Crippen LogP contribution in [0.15, 0.2) is 6.33 Å². The number of aromatic nitrogens is 3. The molecule has 1 atom stereocenters. The van der Waals surface area contributed by atoms with E-state index in [1.165, 1.54) is 6.42 Å². The molecule has 1 unspecified atom stereocenters. The molecule has 102 valence electrons. The minimum Gasteiger partial charge on any atom is -0.381 e. The highest BCUT2D eigenvalue weighted by Gasteiger charge is 2.33. The van der Waals surface area contributed by atoms with Gasteiger partial charge in [0, 0.05) is 30.3 Å². The second-order valence-electron chi connectivity index (χ2n) is 5.72. The lowest BCUT2D eigenvalue weighted by Gasteiger charge is -2.35. The Morgan fingerprint density at radius 3 is 3.00 bits per heavy atom. The van der Waals surface area contributed by atoms with E-state index in [1.807, 2.05) is 4.68 Å². The first-order chi connectivity index (χ1) is 8.65. The van der Waals surface area contributed by atoms with Crippen LogP contribution in [0, 0.1) is 11.3 Å². The van der Waals surface area contributed by atoms with Gasteiger partial charge in [0.15, 0.2) is 0 Å². The first-order valence-electron chi connectivity index (χ1n) is 6.66. The van der Waals surface area contributed by atoms with E-state index in [1.54, 1.807) is 6.33 Å². The van der Waals surface area contributed by atoms with Gasteiger partial charge in [-0.2, -0.15) is 5.10 Å². The van der Waals surface area contributed by atoms with Gasteiger partial charge in [0.25, 0.3) is 0 Å². The van der Waals surface area contributed by atoms with Gasteiger partial charge in [0.1, 0.15) is 12.2 Å². The summed E-state index contributed by atoms with van der Waals surface area (Å²) >= 11 is 3.65. The summed E-state index contributed by atoms with van der Waals surface area (Å²) in [6.07, 6.45) is 4.96. The molecule has 0 bridgehead atoms. The Balaban J connectivity index is 2.09. The molecular formula is C13H22BrN3O. The molecule has 0 amide bonds. The molecule has 2 heterocycles. The van der Waals surface area contributed by atoms with Crippen molar-refractivity contribution in [1.29, 1.82) is 0 Å². The maximum Gasteiger partial charge on any atom is 0.138 e. The molecule has 1 aromatic heterocycles. The van der Waals surface area contributed by atoms with Crippen LogP contribution in [0.1, 0.15) is 32.5 Å². The van der Waals surface area contributed by atoms with E-state index >= 15 is 0 Å². The van der Waals surface area contributed by atoms with Gasteiger partial charge in [-0.05, 0) is 18.8 Å². The molecule has 0 N–H and O–H groups in total. The lowest BCUT2D eigenvalue weighted by Crippen LogP contribution is -2.36. The van der Waals surface area contributed by atoms with Crippen LogP contribution in [0.3, 0.4) is 0 Å². The predicted molar refractivity (Wildman–Crippen MR) is 74.8 cm³/mol. The smallest absolute Gasteiger partial charge is 0.138 e. The second kappa shape index (κ2) is 6.15. The van der Waals surface area contributed by atoms with Crippen molar-refractivity contribution in [2.24, 2.45) is 11.3 Å². The van der Waals surface area contributed by atoms with Gasteiger partial charge in [-0.15, -0.1) is 0 Å². The van der Waals surface area contributed by atoms with Gasteiger partial charge < -0.3 is 4.74 Å². The first-order valence-corrected chi connectivity index (χ1v) is 7.78. The molecule has 0 radical (unpaired) electrons. The van der Waals surface area contributed by atoms with Crippen LogP contribution in [0.5, 0.6) is 0 Å². The molecule has 4 nitrogen and oxygen atoms in total. The van der Waals surface area contributed by atoms with Crippen molar-refractivity contribution >= 4 is 15.9 Å². The summed E-state index contributed by atoms with van der Waals surface area (Å²) in [6, 6.07) is 0. The van der Waals surface area contributed by atoms with Crippen molar-refractivity contribution in [3.63, 3.8) is 0 Å². The van der Waals surface area contributed by atoms with E-state index < -0.39 is 0 Å². The maximum absolute atomic E-state index is 5.66. The Labute approximate surface area is 117 Å². The van der Waals surface area contributed by atoms with Gasteiger partial charge in [-0.3, -0.25) is 0 Å². The Hall–Kier alpha value is -0.420. The summed E-state index contributed by atoms with van der Waals surface area (Å²) in [5.74, 6) is 1.68. The number of ether oxygens (including phenoxy) is 1. The normalized spacial score (nSPS) is 24.7. The van der Waals surface area contributed by atoms with Crippen molar-refractivity contribution < 1.29 is 4.74 Å². The van der Waals surface area contributed by atoms with Crippen LogP contribution in [-0.4, -0.2) is 33.3 Å². The maximum atomic E-state index is 5.66. The lowest BCUT2D eigenvalue weighted by molar-refractivity contribution is 0.00460. The van der Waals surface area contributed by atoms with Crippen LogP contribution in [0.25, 0.3) is 0 Å². The SMILES string of the molecule is CC(C)Cn1ncnc1CC1(CBr)CCCOC1. The van der Waals surface area contributed by atoms with Crippen molar-refractivity contribution in [2.75, 3.05) is 18.5 Å². The molecule has 0 saturated carbocycles. The fraction of sp³-hybridized carbons (Fsp3) is 0.846. The minimum absolute atomic E-state index is 0.194. The van der Waals surface area contributed by atoms with Crippen molar-refractivity contribution in [3.05, 3.63) is 12.2 Å². The van der Waals surface area contributed by atoms with Crippen LogP contribution in [0.2, 0.25) is 0 Å². The summed E-state index contributed by atoms with van der Waals surface area (Å²) in [7, 11) is 0. The number of alkyl halides is 1. The zero-order valence-electron chi connectivity index (χ0n) is 11.2. The second-order valence-corrected chi connectivity index (χ2v) is 6.28. The molecule has 18 heavy (non-hydrogen) atoms.